The van der Waals surface area contributed by atoms with Crippen LogP contribution in [0.2, 0.25) is 0 Å². The molecule has 9 heteroatoms. The van der Waals surface area contributed by atoms with Crippen LogP contribution in [-0.2, 0) is 9.53 Å². The summed E-state index contributed by atoms with van der Waals surface area (Å²) in [5.74, 6) is 0.955. The number of carbonyl (C=O) groups excluding carboxylic acids is 2. The van der Waals surface area contributed by atoms with Gasteiger partial charge in [-0.25, -0.2) is 5.43 Å². The number of amides is 2. The fraction of sp³-hybridized carbons (Fsp3) is 0.409. The first-order valence-electron chi connectivity index (χ1n) is 9.99. The van der Waals surface area contributed by atoms with Crippen molar-refractivity contribution in [1.82, 2.24) is 10.3 Å². The third-order valence-corrected chi connectivity index (χ3v) is 4.79. The highest BCUT2D eigenvalue weighted by molar-refractivity contribution is 5.95. The molecule has 9 nitrogen and oxygen atoms in total. The number of hydrazone groups is 1. The van der Waals surface area contributed by atoms with Crippen LogP contribution >= 0.6 is 0 Å². The van der Waals surface area contributed by atoms with E-state index in [0.29, 0.717) is 41.5 Å². The van der Waals surface area contributed by atoms with Crippen LogP contribution in [0.1, 0.15) is 35.5 Å². The maximum Gasteiger partial charge on any atom is 0.274 e. The molecule has 1 fully saturated rings. The molecule has 2 aromatic rings. The van der Waals surface area contributed by atoms with E-state index >= 15 is 0 Å². The number of hydrogen-bond donors (Lipinski definition) is 1. The third kappa shape index (κ3) is 5.85. The Labute approximate surface area is 180 Å². The molecule has 1 aromatic heterocycles. The predicted octanol–water partition coefficient (Wildman–Crippen LogP) is 2.38. The number of benzene rings is 1. The lowest BCUT2D eigenvalue weighted by atomic mass is 10.2. The Morgan fingerprint density at radius 3 is 2.61 bits per heavy atom. The van der Waals surface area contributed by atoms with E-state index in [4.69, 9.17) is 18.6 Å². The average Bonchev–Trinajstić information content (AvgIpc) is 3.17. The molecule has 1 aromatic carbocycles. The van der Waals surface area contributed by atoms with Gasteiger partial charge in [-0.15, -0.1) is 0 Å². The Kier molecular flexibility index (Phi) is 7.30. The topological polar surface area (TPSA) is 103 Å². The van der Waals surface area contributed by atoms with Gasteiger partial charge in [-0.05, 0) is 50.6 Å². The van der Waals surface area contributed by atoms with E-state index in [0.717, 1.165) is 0 Å². The largest absolute Gasteiger partial charge is 0.493 e. The standard InChI is InChI=1S/C22H27N3O6/c1-14-11-25(12-15(2)31-14)21(26)13-30-19-6-5-17(9-20(19)28-4)10-23-24-22(27)18-7-8-29-16(18)3/h5-10,14-15H,11-13H2,1-4H3,(H,24,27)/b23-10+. The molecule has 1 aliphatic heterocycles. The minimum atomic E-state index is -0.361. The van der Waals surface area contributed by atoms with Crippen molar-refractivity contribution >= 4 is 18.0 Å². The fourth-order valence-corrected chi connectivity index (χ4v) is 3.34. The highest BCUT2D eigenvalue weighted by Crippen LogP contribution is 2.27. The molecule has 0 spiro atoms. The van der Waals surface area contributed by atoms with Crippen molar-refractivity contribution in [2.45, 2.75) is 33.0 Å². The molecule has 0 bridgehead atoms. The van der Waals surface area contributed by atoms with Crippen molar-refractivity contribution in [3.8, 4) is 11.5 Å². The lowest BCUT2D eigenvalue weighted by Gasteiger charge is -2.35. The van der Waals surface area contributed by atoms with Crippen molar-refractivity contribution in [1.29, 1.82) is 0 Å². The average molecular weight is 429 g/mol. The van der Waals surface area contributed by atoms with E-state index in [1.54, 1.807) is 36.1 Å². The van der Waals surface area contributed by atoms with Gasteiger partial charge in [0.05, 0.1) is 37.4 Å². The number of nitrogens with zero attached hydrogens (tertiary/aromatic N) is 2. The number of methoxy groups -OCH3 is 1. The van der Waals surface area contributed by atoms with E-state index in [2.05, 4.69) is 10.5 Å². The number of nitrogens with one attached hydrogen (secondary N) is 1. The van der Waals surface area contributed by atoms with Crippen LogP contribution < -0.4 is 14.9 Å². The molecular weight excluding hydrogens is 402 g/mol. The van der Waals surface area contributed by atoms with Crippen molar-refractivity contribution in [3.63, 3.8) is 0 Å². The molecule has 1 saturated heterocycles. The summed E-state index contributed by atoms with van der Waals surface area (Å²) in [5.41, 5.74) is 3.56. The van der Waals surface area contributed by atoms with Crippen molar-refractivity contribution in [2.75, 3.05) is 26.8 Å². The highest BCUT2D eigenvalue weighted by Gasteiger charge is 2.26. The Morgan fingerprint density at radius 1 is 1.23 bits per heavy atom. The summed E-state index contributed by atoms with van der Waals surface area (Å²) < 4.78 is 21.8. The Bertz CT molecular complexity index is 944. The molecular formula is C22H27N3O6. The molecule has 2 heterocycles. The Balaban J connectivity index is 1.57. The minimum absolute atomic E-state index is 0.00118. The predicted molar refractivity (Wildman–Crippen MR) is 114 cm³/mol. The van der Waals surface area contributed by atoms with Crippen LogP contribution in [0.3, 0.4) is 0 Å². The fourth-order valence-electron chi connectivity index (χ4n) is 3.34. The maximum atomic E-state index is 12.5. The molecule has 0 radical (unpaired) electrons. The van der Waals surface area contributed by atoms with Gasteiger partial charge in [-0.3, -0.25) is 9.59 Å². The van der Waals surface area contributed by atoms with Crippen LogP contribution in [0, 0.1) is 6.92 Å². The van der Waals surface area contributed by atoms with Gasteiger partial charge in [0.2, 0.25) is 0 Å². The van der Waals surface area contributed by atoms with Crippen LogP contribution in [0.4, 0.5) is 0 Å². The molecule has 166 valence electrons. The highest BCUT2D eigenvalue weighted by atomic mass is 16.5. The number of ether oxygens (including phenoxy) is 3. The zero-order valence-electron chi connectivity index (χ0n) is 18.1. The number of carbonyl (C=O) groups is 2. The normalized spacial score (nSPS) is 18.8. The zero-order valence-corrected chi connectivity index (χ0v) is 18.1. The zero-order chi connectivity index (χ0) is 22.4. The monoisotopic (exact) mass is 429 g/mol. The molecule has 2 amide bonds. The lowest BCUT2D eigenvalue weighted by molar-refractivity contribution is -0.145. The van der Waals surface area contributed by atoms with E-state index in [-0.39, 0.29) is 30.6 Å². The summed E-state index contributed by atoms with van der Waals surface area (Å²) in [4.78, 5) is 26.3. The quantitative estimate of drug-likeness (QED) is 0.536. The number of furan rings is 1. The van der Waals surface area contributed by atoms with Gasteiger partial charge in [0.1, 0.15) is 5.76 Å². The first kappa shape index (κ1) is 22.4. The molecule has 3 rings (SSSR count). The molecule has 31 heavy (non-hydrogen) atoms. The summed E-state index contributed by atoms with van der Waals surface area (Å²) in [6.07, 6.45) is 2.93. The Morgan fingerprint density at radius 2 is 1.97 bits per heavy atom. The molecule has 0 saturated carbocycles. The molecule has 1 N–H and O–H groups in total. The number of morpholine rings is 1. The van der Waals surface area contributed by atoms with Crippen molar-refractivity contribution < 1.29 is 28.2 Å². The molecule has 0 aliphatic carbocycles. The van der Waals surface area contributed by atoms with Gasteiger partial charge in [0, 0.05) is 13.1 Å². The number of rotatable bonds is 7. The van der Waals surface area contributed by atoms with Gasteiger partial charge in [0.15, 0.2) is 18.1 Å². The van der Waals surface area contributed by atoms with Crippen molar-refractivity contribution in [2.24, 2.45) is 5.10 Å². The lowest BCUT2D eigenvalue weighted by Crippen LogP contribution is -2.49. The van der Waals surface area contributed by atoms with E-state index in [1.165, 1.54) is 19.6 Å². The summed E-state index contributed by atoms with van der Waals surface area (Å²) in [6, 6.07) is 6.73. The summed E-state index contributed by atoms with van der Waals surface area (Å²) in [6.45, 7) is 6.58. The first-order valence-corrected chi connectivity index (χ1v) is 9.99. The smallest absolute Gasteiger partial charge is 0.274 e. The second-order valence-corrected chi connectivity index (χ2v) is 7.34. The molecule has 2 atom stereocenters. The number of hydrogen-bond acceptors (Lipinski definition) is 7. The third-order valence-electron chi connectivity index (χ3n) is 4.79. The van der Waals surface area contributed by atoms with Crippen LogP contribution in [0.25, 0.3) is 0 Å². The van der Waals surface area contributed by atoms with Gasteiger partial charge in [0.25, 0.3) is 11.8 Å². The van der Waals surface area contributed by atoms with Crippen molar-refractivity contribution in [3.05, 3.63) is 47.4 Å². The summed E-state index contributed by atoms with van der Waals surface area (Å²) >= 11 is 0. The van der Waals surface area contributed by atoms with E-state index in [9.17, 15) is 9.59 Å². The van der Waals surface area contributed by atoms with E-state index < -0.39 is 0 Å². The minimum Gasteiger partial charge on any atom is -0.493 e. The van der Waals surface area contributed by atoms with E-state index in [1.807, 2.05) is 13.8 Å². The maximum absolute atomic E-state index is 12.5. The first-order chi connectivity index (χ1) is 14.9. The SMILES string of the molecule is COc1cc(/C=N/NC(=O)c2ccoc2C)ccc1OCC(=O)N1CC(C)OC(C)C1. The second kappa shape index (κ2) is 10.1. The molecule has 2 unspecified atom stereocenters. The van der Waals surface area contributed by atoms with Gasteiger partial charge in [-0.2, -0.15) is 5.10 Å². The Hall–Kier alpha value is -3.33. The second-order valence-electron chi connectivity index (χ2n) is 7.34. The number of aryl methyl sites for hydroxylation is 1. The van der Waals surface area contributed by atoms with Crippen LogP contribution in [-0.4, -0.2) is 61.9 Å². The summed E-state index contributed by atoms with van der Waals surface area (Å²) in [7, 11) is 1.51. The van der Waals surface area contributed by atoms with Crippen LogP contribution in [0.5, 0.6) is 11.5 Å². The van der Waals surface area contributed by atoms with Gasteiger partial charge in [-0.1, -0.05) is 0 Å². The molecule has 1 aliphatic rings. The van der Waals surface area contributed by atoms with Gasteiger partial charge >= 0.3 is 0 Å². The summed E-state index contributed by atoms with van der Waals surface area (Å²) in [5, 5.41) is 3.96. The van der Waals surface area contributed by atoms with Crippen LogP contribution in [0.15, 0.2) is 40.0 Å². The van der Waals surface area contributed by atoms with Gasteiger partial charge < -0.3 is 23.5 Å².